The fraction of sp³-hybridized carbons (Fsp3) is 0.409. The smallest absolute Gasteiger partial charge is 0.341 e. The highest BCUT2D eigenvalue weighted by atomic mass is 19.2. The first-order chi connectivity index (χ1) is 13.9. The average molecular weight is 410 g/mol. The highest BCUT2D eigenvalue weighted by molar-refractivity contribution is 5.88. The molecule has 1 saturated carbocycles. The van der Waals surface area contributed by atoms with Crippen LogP contribution >= 0.6 is 0 Å². The maximum absolute atomic E-state index is 14.0. The zero-order chi connectivity index (χ0) is 21.0. The van der Waals surface area contributed by atoms with Crippen LogP contribution in [0.3, 0.4) is 0 Å². The van der Waals surface area contributed by atoms with Gasteiger partial charge in [-0.05, 0) is 29.9 Å². The number of hydrogen-bond donors (Lipinski definition) is 1. The van der Waals surface area contributed by atoms with E-state index in [1.807, 2.05) is 12.1 Å². The van der Waals surface area contributed by atoms with E-state index in [-0.39, 0.29) is 6.61 Å². The van der Waals surface area contributed by atoms with Crippen LogP contribution in [0.25, 0.3) is 0 Å². The summed E-state index contributed by atoms with van der Waals surface area (Å²) < 4.78 is 60.4. The molecule has 156 valence electrons. The summed E-state index contributed by atoms with van der Waals surface area (Å²) in [6.45, 7) is -0.315. The van der Waals surface area contributed by atoms with Crippen LogP contribution in [0.4, 0.5) is 17.6 Å². The van der Waals surface area contributed by atoms with E-state index in [0.717, 1.165) is 12.8 Å². The Hall–Kier alpha value is -2.57. The maximum atomic E-state index is 14.0. The maximum Gasteiger partial charge on any atom is 0.341 e. The Balaban J connectivity index is 1.72. The molecule has 7 heteroatoms. The number of benzene rings is 2. The van der Waals surface area contributed by atoms with Crippen LogP contribution < -0.4 is 4.74 Å². The Morgan fingerprint density at radius 2 is 1.38 bits per heavy atom. The van der Waals surface area contributed by atoms with E-state index in [1.165, 1.54) is 37.7 Å². The molecule has 0 radical (unpaired) electrons. The lowest BCUT2D eigenvalue weighted by Crippen LogP contribution is -2.12. The first kappa shape index (κ1) is 21.1. The summed E-state index contributed by atoms with van der Waals surface area (Å²) in [5.74, 6) is -10.6. The van der Waals surface area contributed by atoms with Crippen LogP contribution in [0.5, 0.6) is 5.75 Å². The SMILES string of the molecule is O=C(O)c1c(F)c(F)c(OCc2ccc(C3CCCCCCC3)cc2)c(F)c1F. The number of carboxylic acid groups (broad SMARTS) is 1. The molecule has 0 saturated heterocycles. The molecule has 2 aromatic carbocycles. The lowest BCUT2D eigenvalue weighted by atomic mass is 9.86. The van der Waals surface area contributed by atoms with Gasteiger partial charge in [-0.3, -0.25) is 0 Å². The Morgan fingerprint density at radius 3 is 1.90 bits per heavy atom. The third-order valence-electron chi connectivity index (χ3n) is 5.38. The number of halogens is 4. The quantitative estimate of drug-likeness (QED) is 0.462. The van der Waals surface area contributed by atoms with E-state index < -0.39 is 40.6 Å². The van der Waals surface area contributed by atoms with Gasteiger partial charge in [0.15, 0.2) is 17.4 Å². The minimum atomic E-state index is -2.10. The molecule has 3 nitrogen and oxygen atoms in total. The molecule has 0 atom stereocenters. The van der Waals surface area contributed by atoms with Gasteiger partial charge in [-0.2, -0.15) is 8.78 Å². The highest BCUT2D eigenvalue weighted by Gasteiger charge is 2.30. The van der Waals surface area contributed by atoms with Crippen LogP contribution in [0.2, 0.25) is 0 Å². The van der Waals surface area contributed by atoms with Crippen molar-refractivity contribution in [2.75, 3.05) is 0 Å². The summed E-state index contributed by atoms with van der Waals surface area (Å²) in [6.07, 6.45) is 8.40. The van der Waals surface area contributed by atoms with E-state index >= 15 is 0 Å². The molecule has 1 N–H and O–H groups in total. The molecule has 0 spiro atoms. The molecule has 0 unspecified atom stereocenters. The van der Waals surface area contributed by atoms with Crippen molar-refractivity contribution in [1.29, 1.82) is 0 Å². The Labute approximate surface area is 166 Å². The lowest BCUT2D eigenvalue weighted by molar-refractivity contribution is 0.0682. The molecule has 29 heavy (non-hydrogen) atoms. The van der Waals surface area contributed by atoms with Gasteiger partial charge >= 0.3 is 5.97 Å². The number of rotatable bonds is 5. The van der Waals surface area contributed by atoms with Crippen LogP contribution in [0.1, 0.15) is 72.3 Å². The normalized spacial score (nSPS) is 15.6. The van der Waals surface area contributed by atoms with Crippen molar-refractivity contribution in [2.45, 2.75) is 57.5 Å². The van der Waals surface area contributed by atoms with Crippen molar-refractivity contribution >= 4 is 5.97 Å². The average Bonchev–Trinajstić information content (AvgIpc) is 2.67. The van der Waals surface area contributed by atoms with E-state index in [2.05, 4.69) is 0 Å². The molecular formula is C22H22F4O3. The van der Waals surface area contributed by atoms with Gasteiger partial charge in [0, 0.05) is 0 Å². The fourth-order valence-corrected chi connectivity index (χ4v) is 3.76. The van der Waals surface area contributed by atoms with Crippen LogP contribution in [-0.4, -0.2) is 11.1 Å². The van der Waals surface area contributed by atoms with Gasteiger partial charge in [0.05, 0.1) is 0 Å². The van der Waals surface area contributed by atoms with E-state index in [4.69, 9.17) is 9.84 Å². The standard InChI is InChI=1S/C22H22F4O3/c23-17-16(22(27)28)18(24)20(26)21(19(17)25)29-12-13-8-10-15(11-9-13)14-6-4-2-1-3-5-7-14/h8-11,14H,1-7,12H2,(H,27,28). The number of hydrogen-bond acceptors (Lipinski definition) is 2. The number of ether oxygens (including phenoxy) is 1. The van der Waals surface area contributed by atoms with Crippen molar-refractivity contribution in [1.82, 2.24) is 0 Å². The highest BCUT2D eigenvalue weighted by Crippen LogP contribution is 2.32. The lowest BCUT2D eigenvalue weighted by Gasteiger charge is -2.20. The molecular weight excluding hydrogens is 388 g/mol. The molecule has 1 aliphatic carbocycles. The Bertz CT molecular complexity index is 844. The fourth-order valence-electron chi connectivity index (χ4n) is 3.76. The minimum Gasteiger partial charge on any atom is -0.483 e. The first-order valence-corrected chi connectivity index (χ1v) is 9.71. The topological polar surface area (TPSA) is 46.5 Å². The van der Waals surface area contributed by atoms with E-state index in [0.29, 0.717) is 11.5 Å². The van der Waals surface area contributed by atoms with Crippen molar-refractivity contribution in [3.8, 4) is 5.75 Å². The van der Waals surface area contributed by atoms with Crippen molar-refractivity contribution in [2.24, 2.45) is 0 Å². The van der Waals surface area contributed by atoms with Gasteiger partial charge in [0.1, 0.15) is 12.2 Å². The first-order valence-electron chi connectivity index (χ1n) is 9.71. The van der Waals surface area contributed by atoms with Gasteiger partial charge in [-0.1, -0.05) is 56.4 Å². The summed E-state index contributed by atoms with van der Waals surface area (Å²) in [6, 6.07) is 7.38. The summed E-state index contributed by atoms with van der Waals surface area (Å²) >= 11 is 0. The molecule has 3 rings (SSSR count). The van der Waals surface area contributed by atoms with Crippen molar-refractivity contribution < 1.29 is 32.2 Å². The van der Waals surface area contributed by atoms with Gasteiger partial charge in [0.2, 0.25) is 11.6 Å². The third-order valence-corrected chi connectivity index (χ3v) is 5.38. The predicted molar refractivity (Wildman–Crippen MR) is 99.1 cm³/mol. The van der Waals surface area contributed by atoms with E-state index in [9.17, 15) is 22.4 Å². The van der Waals surface area contributed by atoms with Gasteiger partial charge in [-0.15, -0.1) is 0 Å². The zero-order valence-corrected chi connectivity index (χ0v) is 15.8. The summed E-state index contributed by atoms with van der Waals surface area (Å²) in [5.41, 5.74) is 0.0772. The molecule has 0 amide bonds. The van der Waals surface area contributed by atoms with Crippen molar-refractivity contribution in [3.63, 3.8) is 0 Å². The molecule has 1 aliphatic rings. The van der Waals surface area contributed by atoms with E-state index in [1.54, 1.807) is 12.1 Å². The number of aromatic carboxylic acids is 1. The monoisotopic (exact) mass is 410 g/mol. The Kier molecular flexibility index (Phi) is 6.77. The predicted octanol–water partition coefficient (Wildman–Crippen LogP) is 6.35. The number of carboxylic acids is 1. The molecule has 0 bridgehead atoms. The second-order valence-corrected chi connectivity index (χ2v) is 7.34. The molecule has 0 heterocycles. The molecule has 0 aromatic heterocycles. The minimum absolute atomic E-state index is 0.315. The van der Waals surface area contributed by atoms with Crippen LogP contribution in [0, 0.1) is 23.3 Å². The molecule has 2 aromatic rings. The summed E-state index contributed by atoms with van der Waals surface area (Å²) in [4.78, 5) is 10.8. The largest absolute Gasteiger partial charge is 0.483 e. The second kappa shape index (κ2) is 9.29. The third kappa shape index (κ3) is 4.71. The van der Waals surface area contributed by atoms with Gasteiger partial charge in [0.25, 0.3) is 0 Å². The summed E-state index contributed by atoms with van der Waals surface area (Å²) in [7, 11) is 0. The van der Waals surface area contributed by atoms with Gasteiger partial charge < -0.3 is 9.84 Å². The zero-order valence-electron chi connectivity index (χ0n) is 15.8. The molecule has 1 fully saturated rings. The Morgan fingerprint density at radius 1 is 0.862 bits per heavy atom. The van der Waals surface area contributed by atoms with Crippen LogP contribution in [-0.2, 0) is 6.61 Å². The number of carbonyl (C=O) groups is 1. The summed E-state index contributed by atoms with van der Waals surface area (Å²) in [5, 5.41) is 8.71. The molecule has 0 aliphatic heterocycles. The van der Waals surface area contributed by atoms with Gasteiger partial charge in [-0.25, -0.2) is 13.6 Å². The van der Waals surface area contributed by atoms with Crippen LogP contribution in [0.15, 0.2) is 24.3 Å². The second-order valence-electron chi connectivity index (χ2n) is 7.34. The van der Waals surface area contributed by atoms with Crippen molar-refractivity contribution in [3.05, 3.63) is 64.2 Å².